The van der Waals surface area contributed by atoms with Crippen molar-refractivity contribution in [3.63, 3.8) is 0 Å². The first-order valence-electron chi connectivity index (χ1n) is 30.6. The Morgan fingerprint density at radius 3 is 0.829 bits per heavy atom. The first kappa shape index (κ1) is 67.4. The molecule has 0 amide bonds. The zero-order chi connectivity index (χ0) is 50.7. The molecular formula is C64H116O6. The average Bonchev–Trinajstić information content (AvgIpc) is 3.36. The van der Waals surface area contributed by atoms with Crippen molar-refractivity contribution in [1.29, 1.82) is 0 Å². The van der Waals surface area contributed by atoms with Gasteiger partial charge in [-0.3, -0.25) is 14.4 Å². The van der Waals surface area contributed by atoms with Crippen LogP contribution in [0.1, 0.15) is 323 Å². The Morgan fingerprint density at radius 2 is 0.514 bits per heavy atom. The number of esters is 3. The molecule has 0 aliphatic carbocycles. The molecule has 0 bridgehead atoms. The number of allylic oxidation sites excluding steroid dienone is 8. The highest BCUT2D eigenvalue weighted by Crippen LogP contribution is 2.17. The summed E-state index contributed by atoms with van der Waals surface area (Å²) in [4.78, 5) is 37.8. The molecule has 0 aromatic carbocycles. The van der Waals surface area contributed by atoms with Crippen molar-refractivity contribution < 1.29 is 28.6 Å². The molecule has 0 radical (unpaired) electrons. The molecule has 0 aliphatic heterocycles. The van der Waals surface area contributed by atoms with Crippen molar-refractivity contribution in [2.24, 2.45) is 0 Å². The number of rotatable bonds is 56. The summed E-state index contributed by atoms with van der Waals surface area (Å²) in [6.45, 7) is 6.57. The maximum absolute atomic E-state index is 12.8. The zero-order valence-electron chi connectivity index (χ0n) is 46.8. The third kappa shape index (κ3) is 56.3. The number of hydrogen-bond acceptors (Lipinski definition) is 6. The lowest BCUT2D eigenvalue weighted by atomic mass is 10.0. The Labute approximate surface area is 435 Å². The summed E-state index contributed by atoms with van der Waals surface area (Å²) >= 11 is 0. The number of carbonyl (C=O) groups excluding carboxylic acids is 3. The fraction of sp³-hybridized carbons (Fsp3) is 0.828. The molecule has 1 unspecified atom stereocenters. The fourth-order valence-corrected chi connectivity index (χ4v) is 8.92. The maximum Gasteiger partial charge on any atom is 0.306 e. The molecule has 1 atom stereocenters. The van der Waals surface area contributed by atoms with Gasteiger partial charge >= 0.3 is 17.9 Å². The van der Waals surface area contributed by atoms with Gasteiger partial charge in [-0.1, -0.05) is 268 Å². The van der Waals surface area contributed by atoms with Gasteiger partial charge in [0.2, 0.25) is 0 Å². The summed E-state index contributed by atoms with van der Waals surface area (Å²) in [6.07, 6.45) is 73.1. The second-order valence-corrected chi connectivity index (χ2v) is 20.6. The molecule has 0 saturated carbocycles. The smallest absolute Gasteiger partial charge is 0.306 e. The normalized spacial score (nSPS) is 12.3. The van der Waals surface area contributed by atoms with Gasteiger partial charge in [0.1, 0.15) is 13.2 Å². The minimum absolute atomic E-state index is 0.0729. The van der Waals surface area contributed by atoms with E-state index in [1.807, 2.05) is 0 Å². The van der Waals surface area contributed by atoms with E-state index in [0.29, 0.717) is 19.3 Å². The largest absolute Gasteiger partial charge is 0.462 e. The van der Waals surface area contributed by atoms with Gasteiger partial charge in [-0.25, -0.2) is 0 Å². The summed E-state index contributed by atoms with van der Waals surface area (Å²) in [5.41, 5.74) is 0. The van der Waals surface area contributed by atoms with Gasteiger partial charge in [-0.05, 0) is 83.5 Å². The van der Waals surface area contributed by atoms with Crippen LogP contribution in [0.2, 0.25) is 0 Å². The molecule has 6 nitrogen and oxygen atoms in total. The topological polar surface area (TPSA) is 78.9 Å². The van der Waals surface area contributed by atoms with E-state index in [0.717, 1.165) is 77.0 Å². The molecule has 0 aliphatic rings. The van der Waals surface area contributed by atoms with Crippen molar-refractivity contribution in [2.75, 3.05) is 13.2 Å². The van der Waals surface area contributed by atoms with Crippen molar-refractivity contribution in [3.05, 3.63) is 48.6 Å². The van der Waals surface area contributed by atoms with Crippen LogP contribution in [0.15, 0.2) is 48.6 Å². The van der Waals surface area contributed by atoms with Crippen LogP contribution in [0.25, 0.3) is 0 Å². The Hall–Kier alpha value is -2.63. The Morgan fingerprint density at radius 1 is 0.286 bits per heavy atom. The van der Waals surface area contributed by atoms with Crippen LogP contribution in [-0.2, 0) is 28.6 Å². The Kier molecular flexibility index (Phi) is 56.7. The molecule has 408 valence electrons. The maximum atomic E-state index is 12.8. The highest BCUT2D eigenvalue weighted by molar-refractivity contribution is 5.71. The van der Waals surface area contributed by atoms with Crippen molar-refractivity contribution in [3.8, 4) is 0 Å². The van der Waals surface area contributed by atoms with Gasteiger partial charge in [0.15, 0.2) is 6.10 Å². The third-order valence-corrected chi connectivity index (χ3v) is 13.6. The van der Waals surface area contributed by atoms with Gasteiger partial charge in [-0.15, -0.1) is 0 Å². The second kappa shape index (κ2) is 58.9. The van der Waals surface area contributed by atoms with Crippen LogP contribution in [0.5, 0.6) is 0 Å². The summed E-state index contributed by atoms with van der Waals surface area (Å²) in [5.74, 6) is -0.879. The molecule has 0 saturated heterocycles. The summed E-state index contributed by atoms with van der Waals surface area (Å²) in [6, 6.07) is 0. The highest BCUT2D eigenvalue weighted by Gasteiger charge is 2.19. The standard InChI is InChI=1S/C64H116O6/c1-4-7-10-13-16-18-20-22-23-24-25-26-27-28-29-30-31-32-33-34-35-36-37-38-39-40-41-43-44-46-48-51-54-57-63(66)69-60-61(59-68-62(65)56-53-50-15-12-9-6-3)70-64(67)58-55-52-49-47-45-42-21-19-17-14-11-8-5-2/h19-22,24-25,27-28,61H,4-18,23,26,29-60H2,1-3H3/b21-19-,22-20-,25-24-,28-27-. The van der Waals surface area contributed by atoms with E-state index >= 15 is 0 Å². The van der Waals surface area contributed by atoms with Crippen molar-refractivity contribution >= 4 is 17.9 Å². The number of unbranched alkanes of at least 4 members (excludes halogenated alkanes) is 37. The van der Waals surface area contributed by atoms with Gasteiger partial charge in [0, 0.05) is 19.3 Å². The molecule has 70 heavy (non-hydrogen) atoms. The number of hydrogen-bond donors (Lipinski definition) is 0. The Bertz CT molecular complexity index is 1220. The van der Waals surface area contributed by atoms with E-state index in [2.05, 4.69) is 69.4 Å². The monoisotopic (exact) mass is 981 g/mol. The fourth-order valence-electron chi connectivity index (χ4n) is 8.92. The van der Waals surface area contributed by atoms with E-state index in [4.69, 9.17) is 14.2 Å². The minimum Gasteiger partial charge on any atom is -0.462 e. The molecule has 0 heterocycles. The third-order valence-electron chi connectivity index (χ3n) is 13.6. The summed E-state index contributed by atoms with van der Waals surface area (Å²) in [7, 11) is 0. The first-order valence-corrected chi connectivity index (χ1v) is 30.6. The van der Waals surface area contributed by atoms with Crippen molar-refractivity contribution in [2.45, 2.75) is 329 Å². The number of carbonyl (C=O) groups is 3. The van der Waals surface area contributed by atoms with Crippen LogP contribution in [0.3, 0.4) is 0 Å². The predicted octanol–water partition coefficient (Wildman–Crippen LogP) is 20.6. The van der Waals surface area contributed by atoms with Crippen LogP contribution in [0.4, 0.5) is 0 Å². The zero-order valence-corrected chi connectivity index (χ0v) is 46.8. The molecule has 0 spiro atoms. The van der Waals surface area contributed by atoms with E-state index in [9.17, 15) is 14.4 Å². The van der Waals surface area contributed by atoms with Gasteiger partial charge in [0.05, 0.1) is 0 Å². The average molecular weight is 982 g/mol. The minimum atomic E-state index is -0.771. The van der Waals surface area contributed by atoms with Gasteiger partial charge in [-0.2, -0.15) is 0 Å². The lowest BCUT2D eigenvalue weighted by Gasteiger charge is -2.18. The second-order valence-electron chi connectivity index (χ2n) is 20.6. The first-order chi connectivity index (χ1) is 34.5. The number of ether oxygens (including phenoxy) is 3. The molecule has 0 rings (SSSR count). The molecule has 0 fully saturated rings. The highest BCUT2D eigenvalue weighted by atomic mass is 16.6. The molecular weight excluding hydrogens is 865 g/mol. The van der Waals surface area contributed by atoms with E-state index in [1.54, 1.807) is 0 Å². The molecule has 0 N–H and O–H groups in total. The molecule has 0 aromatic heterocycles. The van der Waals surface area contributed by atoms with Gasteiger partial charge < -0.3 is 14.2 Å². The SMILES string of the molecule is CCCCCC/C=C\CCCCCCCC(=O)OC(COC(=O)CCCCCCCC)COC(=O)CCCCCCCCCCCCCCCCCCCC/C=C\C/C=C\C/C=C\CCCCCCC. The van der Waals surface area contributed by atoms with Crippen LogP contribution in [-0.4, -0.2) is 37.2 Å². The molecule has 0 aromatic rings. The lowest BCUT2D eigenvalue weighted by Crippen LogP contribution is -2.30. The lowest BCUT2D eigenvalue weighted by molar-refractivity contribution is -0.167. The summed E-state index contributed by atoms with van der Waals surface area (Å²) in [5, 5.41) is 0. The van der Waals surface area contributed by atoms with E-state index in [1.165, 1.54) is 205 Å². The predicted molar refractivity (Wildman–Crippen MR) is 302 cm³/mol. The van der Waals surface area contributed by atoms with Crippen LogP contribution < -0.4 is 0 Å². The van der Waals surface area contributed by atoms with Crippen molar-refractivity contribution in [1.82, 2.24) is 0 Å². The van der Waals surface area contributed by atoms with E-state index < -0.39 is 6.10 Å². The summed E-state index contributed by atoms with van der Waals surface area (Å²) < 4.78 is 16.7. The van der Waals surface area contributed by atoms with Gasteiger partial charge in [0.25, 0.3) is 0 Å². The van der Waals surface area contributed by atoms with Crippen LogP contribution in [0, 0.1) is 0 Å². The van der Waals surface area contributed by atoms with E-state index in [-0.39, 0.29) is 31.1 Å². The van der Waals surface area contributed by atoms with Crippen LogP contribution >= 0.6 is 0 Å². The Balaban J connectivity index is 3.93. The molecule has 6 heteroatoms. The quantitative estimate of drug-likeness (QED) is 0.0261.